The third kappa shape index (κ3) is 5.42. The van der Waals surface area contributed by atoms with E-state index in [0.717, 1.165) is 22.6 Å². The highest BCUT2D eigenvalue weighted by molar-refractivity contribution is 7.17. The van der Waals surface area contributed by atoms with E-state index in [2.05, 4.69) is 10.3 Å². The van der Waals surface area contributed by atoms with Gasteiger partial charge in [-0.15, -0.1) is 0 Å². The van der Waals surface area contributed by atoms with Crippen molar-refractivity contribution in [3.8, 4) is 5.75 Å². The minimum Gasteiger partial charge on any atom is -0.494 e. The largest absolute Gasteiger partial charge is 0.494 e. The molecule has 7 heteroatoms. The molecule has 1 N–H and O–H groups in total. The van der Waals surface area contributed by atoms with Crippen LogP contribution in [-0.4, -0.2) is 30.1 Å². The molecule has 0 aliphatic rings. The third-order valence-corrected chi connectivity index (χ3v) is 4.16. The number of ether oxygens (including phenoxy) is 2. The number of benzene rings is 1. The van der Waals surface area contributed by atoms with Gasteiger partial charge in [0.15, 0.2) is 5.13 Å². The van der Waals surface area contributed by atoms with Gasteiger partial charge in [0, 0.05) is 6.08 Å². The van der Waals surface area contributed by atoms with E-state index < -0.39 is 5.97 Å². The number of esters is 1. The molecule has 0 atom stereocenters. The van der Waals surface area contributed by atoms with Crippen molar-refractivity contribution in [2.45, 2.75) is 20.8 Å². The summed E-state index contributed by atoms with van der Waals surface area (Å²) < 4.78 is 10.3. The number of carbonyl (C=O) groups is 2. The van der Waals surface area contributed by atoms with E-state index in [1.807, 2.05) is 31.2 Å². The molecule has 0 spiro atoms. The Morgan fingerprint density at radius 3 is 2.56 bits per heavy atom. The van der Waals surface area contributed by atoms with Crippen molar-refractivity contribution < 1.29 is 19.1 Å². The van der Waals surface area contributed by atoms with Gasteiger partial charge in [0.05, 0.1) is 18.9 Å². The van der Waals surface area contributed by atoms with Crippen LogP contribution in [0.15, 0.2) is 30.3 Å². The molecule has 2 aromatic rings. The Bertz CT molecular complexity index is 766. The van der Waals surface area contributed by atoms with Crippen LogP contribution in [0, 0.1) is 6.92 Å². The summed E-state index contributed by atoms with van der Waals surface area (Å²) in [6, 6.07) is 7.41. The number of hydrogen-bond acceptors (Lipinski definition) is 6. The highest BCUT2D eigenvalue weighted by atomic mass is 32.1. The normalized spacial score (nSPS) is 10.7. The van der Waals surface area contributed by atoms with Gasteiger partial charge in [-0.2, -0.15) is 0 Å². The summed E-state index contributed by atoms with van der Waals surface area (Å²) >= 11 is 1.10. The number of aryl methyl sites for hydroxylation is 1. The molecule has 0 aliphatic carbocycles. The summed E-state index contributed by atoms with van der Waals surface area (Å²) in [5.41, 5.74) is 1.41. The Labute approximate surface area is 150 Å². The molecular formula is C18H20N2O4S. The van der Waals surface area contributed by atoms with Gasteiger partial charge in [0.1, 0.15) is 10.6 Å². The van der Waals surface area contributed by atoms with Crippen molar-refractivity contribution >= 4 is 34.4 Å². The number of nitrogens with zero attached hydrogens (tertiary/aromatic N) is 1. The molecule has 0 bridgehead atoms. The lowest BCUT2D eigenvalue weighted by Crippen LogP contribution is -2.07. The van der Waals surface area contributed by atoms with Crippen LogP contribution in [0.25, 0.3) is 6.08 Å². The first kappa shape index (κ1) is 18.7. The molecule has 0 radical (unpaired) electrons. The predicted octanol–water partition coefficient (Wildman–Crippen LogP) is 3.68. The number of rotatable bonds is 7. The highest BCUT2D eigenvalue weighted by Gasteiger charge is 2.16. The second-order valence-corrected chi connectivity index (χ2v) is 5.98. The minimum atomic E-state index is -0.428. The predicted molar refractivity (Wildman–Crippen MR) is 98.1 cm³/mol. The molecular weight excluding hydrogens is 340 g/mol. The molecule has 132 valence electrons. The molecule has 1 aromatic heterocycles. The van der Waals surface area contributed by atoms with Crippen LogP contribution in [0.3, 0.4) is 0 Å². The summed E-state index contributed by atoms with van der Waals surface area (Å²) in [5.74, 6) is 0.0369. The Kier molecular flexibility index (Phi) is 6.71. The fraction of sp³-hybridized carbons (Fsp3) is 0.278. The summed E-state index contributed by atoms with van der Waals surface area (Å²) in [5, 5.41) is 3.01. The number of hydrogen-bond donors (Lipinski definition) is 1. The first-order valence-electron chi connectivity index (χ1n) is 7.90. The van der Waals surface area contributed by atoms with Gasteiger partial charge in [-0.05, 0) is 44.5 Å². The van der Waals surface area contributed by atoms with Gasteiger partial charge < -0.3 is 9.47 Å². The van der Waals surface area contributed by atoms with E-state index in [0.29, 0.717) is 28.9 Å². The van der Waals surface area contributed by atoms with E-state index in [4.69, 9.17) is 9.47 Å². The summed E-state index contributed by atoms with van der Waals surface area (Å²) in [7, 11) is 0. The zero-order chi connectivity index (χ0) is 18.2. The molecule has 1 aromatic carbocycles. The topological polar surface area (TPSA) is 77.5 Å². The van der Waals surface area contributed by atoms with Crippen molar-refractivity contribution in [2.24, 2.45) is 0 Å². The molecule has 25 heavy (non-hydrogen) atoms. The van der Waals surface area contributed by atoms with Crippen molar-refractivity contribution in [3.63, 3.8) is 0 Å². The molecule has 0 fully saturated rings. The van der Waals surface area contributed by atoms with Crippen molar-refractivity contribution in [3.05, 3.63) is 46.5 Å². The van der Waals surface area contributed by atoms with Crippen molar-refractivity contribution in [2.75, 3.05) is 18.5 Å². The highest BCUT2D eigenvalue weighted by Crippen LogP contribution is 2.23. The fourth-order valence-electron chi connectivity index (χ4n) is 2.00. The van der Waals surface area contributed by atoms with Gasteiger partial charge in [-0.25, -0.2) is 9.78 Å². The second kappa shape index (κ2) is 8.98. The first-order chi connectivity index (χ1) is 12.0. The van der Waals surface area contributed by atoms with Gasteiger partial charge in [-0.3, -0.25) is 10.1 Å². The van der Waals surface area contributed by atoms with Gasteiger partial charge in [0.2, 0.25) is 5.91 Å². The van der Waals surface area contributed by atoms with Crippen molar-refractivity contribution in [1.29, 1.82) is 0 Å². The number of aromatic nitrogens is 1. The second-order valence-electron chi connectivity index (χ2n) is 4.98. The number of nitrogens with one attached hydrogen (secondary N) is 1. The SMILES string of the molecule is CCOC(=O)c1sc(NC(=O)C=Cc2ccc(OCC)cc2)nc1C. The Hall–Kier alpha value is -2.67. The van der Waals surface area contributed by atoms with Crippen LogP contribution < -0.4 is 10.1 Å². The van der Waals surface area contributed by atoms with E-state index >= 15 is 0 Å². The zero-order valence-corrected chi connectivity index (χ0v) is 15.2. The maximum absolute atomic E-state index is 12.0. The maximum Gasteiger partial charge on any atom is 0.350 e. The van der Waals surface area contributed by atoms with Gasteiger partial charge >= 0.3 is 5.97 Å². The van der Waals surface area contributed by atoms with E-state index in [-0.39, 0.29) is 5.91 Å². The lowest BCUT2D eigenvalue weighted by molar-refractivity contribution is -0.111. The Balaban J connectivity index is 1.97. The monoisotopic (exact) mass is 360 g/mol. The van der Waals surface area contributed by atoms with Gasteiger partial charge in [-0.1, -0.05) is 23.5 Å². The lowest BCUT2D eigenvalue weighted by atomic mass is 10.2. The Morgan fingerprint density at radius 2 is 1.92 bits per heavy atom. The number of thiazole rings is 1. The van der Waals surface area contributed by atoms with E-state index in [9.17, 15) is 9.59 Å². The average molecular weight is 360 g/mol. The van der Waals surface area contributed by atoms with E-state index in [1.54, 1.807) is 19.9 Å². The molecule has 0 aliphatic heterocycles. The van der Waals surface area contributed by atoms with Crippen LogP contribution in [0.2, 0.25) is 0 Å². The third-order valence-electron chi connectivity index (χ3n) is 3.11. The molecule has 6 nitrogen and oxygen atoms in total. The van der Waals surface area contributed by atoms with Crippen LogP contribution in [0.5, 0.6) is 5.75 Å². The lowest BCUT2D eigenvalue weighted by Gasteiger charge is -2.02. The van der Waals surface area contributed by atoms with Crippen LogP contribution in [0.1, 0.15) is 34.8 Å². The van der Waals surface area contributed by atoms with Crippen LogP contribution in [0.4, 0.5) is 5.13 Å². The van der Waals surface area contributed by atoms with Gasteiger partial charge in [0.25, 0.3) is 0 Å². The first-order valence-corrected chi connectivity index (χ1v) is 8.71. The Morgan fingerprint density at radius 1 is 1.20 bits per heavy atom. The molecule has 0 saturated heterocycles. The summed E-state index contributed by atoms with van der Waals surface area (Å²) in [6.07, 6.45) is 3.11. The average Bonchev–Trinajstić information content (AvgIpc) is 2.95. The minimum absolute atomic E-state index is 0.294. The number of amides is 1. The van der Waals surface area contributed by atoms with Crippen molar-refractivity contribution in [1.82, 2.24) is 4.98 Å². The molecule has 1 heterocycles. The number of carbonyl (C=O) groups excluding carboxylic acids is 2. The maximum atomic E-state index is 12.0. The standard InChI is InChI=1S/C18H20N2O4S/c1-4-23-14-9-6-13(7-10-14)8-11-15(21)20-18-19-12(3)16(25-18)17(22)24-5-2/h6-11H,4-5H2,1-3H3,(H,19,20,21). The summed E-state index contributed by atoms with van der Waals surface area (Å²) in [4.78, 5) is 28.3. The molecule has 0 saturated carbocycles. The van der Waals surface area contributed by atoms with Crippen LogP contribution in [-0.2, 0) is 9.53 Å². The van der Waals surface area contributed by atoms with E-state index in [1.165, 1.54) is 6.08 Å². The molecule has 1 amide bonds. The summed E-state index contributed by atoms with van der Waals surface area (Å²) in [6.45, 7) is 6.27. The number of anilines is 1. The molecule has 0 unspecified atom stereocenters. The smallest absolute Gasteiger partial charge is 0.350 e. The quantitative estimate of drug-likeness (QED) is 0.602. The zero-order valence-electron chi connectivity index (χ0n) is 14.4. The van der Waals surface area contributed by atoms with Crippen LogP contribution >= 0.6 is 11.3 Å². The molecule has 2 rings (SSSR count). The fourth-order valence-corrected chi connectivity index (χ4v) is 2.86.